The minimum absolute atomic E-state index is 0.788. The Morgan fingerprint density at radius 2 is 2.14 bits per heavy atom. The molecule has 0 radical (unpaired) electrons. The lowest BCUT2D eigenvalue weighted by molar-refractivity contribution is 0.602. The molecule has 3 heterocycles. The molecule has 5 nitrogen and oxygen atoms in total. The second kappa shape index (κ2) is 6.61. The first-order chi connectivity index (χ1) is 10.4. The highest BCUT2D eigenvalue weighted by molar-refractivity contribution is 5.65. The van der Waals surface area contributed by atoms with Crippen molar-refractivity contribution in [1.29, 1.82) is 0 Å². The Labute approximate surface area is 126 Å². The maximum absolute atomic E-state index is 4.55. The molecule has 3 rings (SSSR count). The van der Waals surface area contributed by atoms with Crippen molar-refractivity contribution < 1.29 is 0 Å². The van der Waals surface area contributed by atoms with Gasteiger partial charge in [-0.15, -0.1) is 0 Å². The van der Waals surface area contributed by atoms with Crippen LogP contribution in [0.4, 0.5) is 11.5 Å². The summed E-state index contributed by atoms with van der Waals surface area (Å²) < 4.78 is 2.00. The van der Waals surface area contributed by atoms with Gasteiger partial charge < -0.3 is 10.2 Å². The summed E-state index contributed by atoms with van der Waals surface area (Å²) in [5, 5.41) is 7.87. The van der Waals surface area contributed by atoms with Crippen LogP contribution in [0.25, 0.3) is 0 Å². The molecule has 2 aromatic rings. The summed E-state index contributed by atoms with van der Waals surface area (Å²) >= 11 is 0. The predicted molar refractivity (Wildman–Crippen MR) is 85.5 cm³/mol. The topological polar surface area (TPSA) is 46.0 Å². The fourth-order valence-electron chi connectivity index (χ4n) is 2.76. The molecule has 0 spiro atoms. The van der Waals surface area contributed by atoms with Gasteiger partial charge in [0, 0.05) is 44.1 Å². The van der Waals surface area contributed by atoms with Gasteiger partial charge in [0.25, 0.3) is 0 Å². The first kappa shape index (κ1) is 13.9. The van der Waals surface area contributed by atoms with Crippen LogP contribution in [0.1, 0.15) is 31.7 Å². The first-order valence-corrected chi connectivity index (χ1v) is 7.82. The zero-order valence-corrected chi connectivity index (χ0v) is 12.6. The van der Waals surface area contributed by atoms with Crippen LogP contribution in [0.3, 0.4) is 0 Å². The highest BCUT2D eigenvalue weighted by atomic mass is 15.3. The molecule has 2 aromatic heterocycles. The molecule has 0 atom stereocenters. The van der Waals surface area contributed by atoms with Crippen molar-refractivity contribution in [3.05, 3.63) is 36.3 Å². The maximum Gasteiger partial charge on any atom is 0.151 e. The zero-order valence-electron chi connectivity index (χ0n) is 12.6. The van der Waals surface area contributed by atoms with E-state index in [9.17, 15) is 0 Å². The van der Waals surface area contributed by atoms with Gasteiger partial charge in [0.1, 0.15) is 0 Å². The fraction of sp³-hybridized carbons (Fsp3) is 0.500. The molecule has 0 bridgehead atoms. The van der Waals surface area contributed by atoms with Gasteiger partial charge in [0.15, 0.2) is 5.82 Å². The number of nitrogens with one attached hydrogen (secondary N) is 1. The Morgan fingerprint density at radius 3 is 2.95 bits per heavy atom. The van der Waals surface area contributed by atoms with Crippen LogP contribution in [0.5, 0.6) is 0 Å². The Balaban J connectivity index is 1.66. The van der Waals surface area contributed by atoms with Crippen LogP contribution < -0.4 is 10.2 Å². The number of pyridine rings is 1. The SMILES string of the molecule is CCCn1cc(CNc2cccnc2N2CCCC2)cn1. The van der Waals surface area contributed by atoms with Gasteiger partial charge in [0.2, 0.25) is 0 Å². The molecule has 21 heavy (non-hydrogen) atoms. The molecule has 0 amide bonds. The van der Waals surface area contributed by atoms with E-state index in [-0.39, 0.29) is 0 Å². The second-order valence-electron chi connectivity index (χ2n) is 5.53. The van der Waals surface area contributed by atoms with Crippen molar-refractivity contribution >= 4 is 11.5 Å². The van der Waals surface area contributed by atoms with E-state index >= 15 is 0 Å². The third-order valence-electron chi connectivity index (χ3n) is 3.81. The molecule has 5 heteroatoms. The molecule has 1 aliphatic heterocycles. The van der Waals surface area contributed by atoms with Gasteiger partial charge in [0.05, 0.1) is 11.9 Å². The lowest BCUT2D eigenvalue weighted by atomic mass is 10.3. The molecule has 1 N–H and O–H groups in total. The van der Waals surface area contributed by atoms with Gasteiger partial charge >= 0.3 is 0 Å². The minimum atomic E-state index is 0.788. The first-order valence-electron chi connectivity index (χ1n) is 7.82. The van der Waals surface area contributed by atoms with Crippen molar-refractivity contribution in [2.24, 2.45) is 0 Å². The van der Waals surface area contributed by atoms with Crippen molar-refractivity contribution in [3.63, 3.8) is 0 Å². The standard InChI is InChI=1S/C16H23N5/c1-2-8-21-13-14(12-19-21)11-18-15-6-5-7-17-16(15)20-9-3-4-10-20/h5-7,12-13,18H,2-4,8-11H2,1H3. The lowest BCUT2D eigenvalue weighted by Gasteiger charge is -2.20. The zero-order chi connectivity index (χ0) is 14.5. The van der Waals surface area contributed by atoms with E-state index in [1.165, 1.54) is 18.4 Å². The summed E-state index contributed by atoms with van der Waals surface area (Å²) in [7, 11) is 0. The van der Waals surface area contributed by atoms with Crippen molar-refractivity contribution in [2.75, 3.05) is 23.3 Å². The summed E-state index contributed by atoms with van der Waals surface area (Å²) in [6.07, 6.45) is 9.56. The Hall–Kier alpha value is -2.04. The summed E-state index contributed by atoms with van der Waals surface area (Å²) in [5.41, 5.74) is 2.32. The van der Waals surface area contributed by atoms with Gasteiger partial charge in [-0.1, -0.05) is 6.92 Å². The largest absolute Gasteiger partial charge is 0.378 e. The van der Waals surface area contributed by atoms with Gasteiger partial charge in [-0.05, 0) is 31.4 Å². The normalized spacial score (nSPS) is 14.6. The summed E-state index contributed by atoms with van der Waals surface area (Å²) in [6.45, 7) is 6.15. The van der Waals surface area contributed by atoms with Gasteiger partial charge in [-0.3, -0.25) is 4.68 Å². The molecule has 112 valence electrons. The van der Waals surface area contributed by atoms with E-state index < -0.39 is 0 Å². The molecule has 1 fully saturated rings. The molecular weight excluding hydrogens is 262 g/mol. The Bertz CT molecular complexity index is 572. The number of hydrogen-bond acceptors (Lipinski definition) is 4. The highest BCUT2D eigenvalue weighted by Crippen LogP contribution is 2.26. The van der Waals surface area contributed by atoms with E-state index in [1.807, 2.05) is 23.1 Å². The van der Waals surface area contributed by atoms with E-state index in [0.717, 1.165) is 44.1 Å². The number of aryl methyl sites for hydroxylation is 1. The molecule has 0 saturated carbocycles. The highest BCUT2D eigenvalue weighted by Gasteiger charge is 2.16. The molecule has 1 aliphatic rings. The van der Waals surface area contributed by atoms with Gasteiger partial charge in [-0.2, -0.15) is 5.10 Å². The van der Waals surface area contributed by atoms with Crippen molar-refractivity contribution in [2.45, 2.75) is 39.3 Å². The fourth-order valence-corrected chi connectivity index (χ4v) is 2.76. The third-order valence-corrected chi connectivity index (χ3v) is 3.81. The summed E-state index contributed by atoms with van der Waals surface area (Å²) in [6, 6.07) is 4.10. The number of nitrogens with zero attached hydrogens (tertiary/aromatic N) is 4. The monoisotopic (exact) mass is 285 g/mol. The van der Waals surface area contributed by atoms with Crippen LogP contribution in [0, 0.1) is 0 Å². The number of rotatable bonds is 6. The molecule has 0 unspecified atom stereocenters. The van der Waals surface area contributed by atoms with Crippen molar-refractivity contribution in [3.8, 4) is 0 Å². The quantitative estimate of drug-likeness (QED) is 0.886. The Morgan fingerprint density at radius 1 is 1.29 bits per heavy atom. The molecule has 0 aromatic carbocycles. The smallest absolute Gasteiger partial charge is 0.151 e. The van der Waals surface area contributed by atoms with Crippen molar-refractivity contribution in [1.82, 2.24) is 14.8 Å². The van der Waals surface area contributed by atoms with Crippen LogP contribution in [-0.4, -0.2) is 27.9 Å². The predicted octanol–water partition coefficient (Wildman–Crippen LogP) is 2.90. The van der Waals surface area contributed by atoms with Crippen LogP contribution in [0.15, 0.2) is 30.7 Å². The van der Waals surface area contributed by atoms with E-state index in [1.54, 1.807) is 0 Å². The summed E-state index contributed by atoms with van der Waals surface area (Å²) in [4.78, 5) is 6.91. The number of aromatic nitrogens is 3. The van der Waals surface area contributed by atoms with Crippen LogP contribution in [0.2, 0.25) is 0 Å². The summed E-state index contributed by atoms with van der Waals surface area (Å²) in [5.74, 6) is 1.08. The second-order valence-corrected chi connectivity index (χ2v) is 5.53. The van der Waals surface area contributed by atoms with Crippen LogP contribution >= 0.6 is 0 Å². The van der Waals surface area contributed by atoms with E-state index in [0.29, 0.717) is 0 Å². The average Bonchev–Trinajstić information content (AvgIpc) is 3.17. The Kier molecular flexibility index (Phi) is 4.38. The number of hydrogen-bond donors (Lipinski definition) is 1. The average molecular weight is 285 g/mol. The van der Waals surface area contributed by atoms with Gasteiger partial charge in [-0.25, -0.2) is 4.98 Å². The van der Waals surface area contributed by atoms with Crippen LogP contribution in [-0.2, 0) is 13.1 Å². The molecular formula is C16H23N5. The third kappa shape index (κ3) is 3.35. The minimum Gasteiger partial charge on any atom is -0.378 e. The lowest BCUT2D eigenvalue weighted by Crippen LogP contribution is -2.20. The maximum atomic E-state index is 4.55. The van der Waals surface area contributed by atoms with E-state index in [4.69, 9.17) is 0 Å². The molecule has 0 aliphatic carbocycles. The molecule has 1 saturated heterocycles. The van der Waals surface area contributed by atoms with E-state index in [2.05, 4.69) is 39.5 Å². The number of anilines is 2.